The molecule has 0 bridgehead atoms. The van der Waals surface area contributed by atoms with Crippen LogP contribution in [-0.4, -0.2) is 55.5 Å². The summed E-state index contributed by atoms with van der Waals surface area (Å²) in [7, 11) is 0.881. The summed E-state index contributed by atoms with van der Waals surface area (Å²) in [5, 5.41) is 0. The third-order valence-corrected chi connectivity index (χ3v) is 2.03. The summed E-state index contributed by atoms with van der Waals surface area (Å²) in [4.78, 5) is 21.2. The molecule has 1 amide bonds. The van der Waals surface area contributed by atoms with Gasteiger partial charge in [0.1, 0.15) is 6.54 Å². The maximum atomic E-state index is 12.7. The molecule has 20 heavy (non-hydrogen) atoms. The molecule has 0 atom stereocenters. The Balaban J connectivity index is 5.02. The summed E-state index contributed by atoms with van der Waals surface area (Å²) in [6, 6.07) is 0. The summed E-state index contributed by atoms with van der Waals surface area (Å²) in [6.45, 7) is -3.29. The molecule has 0 aromatic heterocycles. The van der Waals surface area contributed by atoms with Gasteiger partial charge in [-0.25, -0.2) is 8.78 Å². The van der Waals surface area contributed by atoms with Gasteiger partial charge in [-0.1, -0.05) is 0 Å². The van der Waals surface area contributed by atoms with E-state index < -0.39 is 54.8 Å². The van der Waals surface area contributed by atoms with Crippen molar-refractivity contribution in [2.24, 2.45) is 0 Å². The molecule has 0 radical (unpaired) electrons. The third kappa shape index (κ3) is 5.61. The van der Waals surface area contributed by atoms with Crippen molar-refractivity contribution in [2.45, 2.75) is 24.9 Å². The largest absolute Gasteiger partial charge is 0.469 e. The zero-order chi connectivity index (χ0) is 16.1. The predicted octanol–water partition coefficient (Wildman–Crippen LogP) is 1.84. The topological polar surface area (TPSA) is 46.6 Å². The van der Waals surface area contributed by atoms with E-state index in [9.17, 15) is 40.3 Å². The highest BCUT2D eigenvalue weighted by Crippen LogP contribution is 2.27. The lowest BCUT2D eigenvalue weighted by atomic mass is 10.2. The molecule has 0 rings (SSSR count). The molecule has 0 N–H and O–H groups in total. The summed E-state index contributed by atoms with van der Waals surface area (Å²) in [5.74, 6) is -9.04. The Hall–Kier alpha value is -1.55. The van der Waals surface area contributed by atoms with Crippen LogP contribution in [0, 0.1) is 0 Å². The minimum absolute atomic E-state index is 0.553. The second-order valence-electron chi connectivity index (χ2n) is 3.59. The first-order valence-corrected chi connectivity index (χ1v) is 5.00. The van der Waals surface area contributed by atoms with E-state index >= 15 is 0 Å². The number of methoxy groups -OCH3 is 1. The van der Waals surface area contributed by atoms with E-state index in [4.69, 9.17) is 0 Å². The van der Waals surface area contributed by atoms with Gasteiger partial charge in [0, 0.05) is 6.54 Å². The Bertz CT molecular complexity index is 356. The molecular weight excluding hydrogens is 303 g/mol. The minimum Gasteiger partial charge on any atom is -0.469 e. The maximum Gasteiger partial charge on any atom is 0.406 e. The van der Waals surface area contributed by atoms with Gasteiger partial charge in [0.25, 0.3) is 5.91 Å². The van der Waals surface area contributed by atoms with Crippen molar-refractivity contribution in [2.75, 3.05) is 20.2 Å². The van der Waals surface area contributed by atoms with Crippen LogP contribution in [0.4, 0.5) is 30.7 Å². The number of carbonyl (C=O) groups is 2. The fourth-order valence-electron chi connectivity index (χ4n) is 1.10. The molecule has 0 fully saturated rings. The van der Waals surface area contributed by atoms with Crippen LogP contribution in [0.1, 0.15) is 6.42 Å². The number of alkyl halides is 7. The number of amides is 1. The van der Waals surface area contributed by atoms with E-state index in [0.717, 1.165) is 7.11 Å². The molecule has 0 saturated carbocycles. The second-order valence-corrected chi connectivity index (χ2v) is 3.59. The molecule has 0 aromatic rings. The van der Waals surface area contributed by atoms with E-state index in [2.05, 4.69) is 4.74 Å². The van der Waals surface area contributed by atoms with Gasteiger partial charge in [0.15, 0.2) is 0 Å². The number of rotatable bonds is 6. The normalized spacial score (nSPS) is 12.4. The van der Waals surface area contributed by atoms with Gasteiger partial charge in [0.05, 0.1) is 13.5 Å². The summed E-state index contributed by atoms with van der Waals surface area (Å²) < 4.78 is 89.8. The molecule has 0 spiro atoms. The predicted molar refractivity (Wildman–Crippen MR) is 50.2 cm³/mol. The number of esters is 1. The smallest absolute Gasteiger partial charge is 0.406 e. The van der Waals surface area contributed by atoms with Gasteiger partial charge in [-0.05, 0) is 0 Å². The van der Waals surface area contributed by atoms with Crippen LogP contribution in [-0.2, 0) is 14.3 Å². The summed E-state index contributed by atoms with van der Waals surface area (Å²) >= 11 is 0. The van der Waals surface area contributed by atoms with Gasteiger partial charge in [-0.3, -0.25) is 9.59 Å². The summed E-state index contributed by atoms with van der Waals surface area (Å²) in [5.41, 5.74) is 0. The lowest BCUT2D eigenvalue weighted by Crippen LogP contribution is -2.51. The summed E-state index contributed by atoms with van der Waals surface area (Å²) in [6.07, 6.45) is -10.4. The Morgan fingerprint density at radius 3 is 2.00 bits per heavy atom. The molecule has 0 aliphatic carbocycles. The number of nitrogens with zero attached hydrogens (tertiary/aromatic N) is 1. The zero-order valence-electron chi connectivity index (χ0n) is 10.0. The third-order valence-electron chi connectivity index (χ3n) is 2.03. The number of hydrogen-bond donors (Lipinski definition) is 0. The molecule has 0 aliphatic rings. The van der Waals surface area contributed by atoms with Gasteiger partial charge in [0.2, 0.25) is 0 Å². The molecule has 118 valence electrons. The molecule has 11 heteroatoms. The van der Waals surface area contributed by atoms with Crippen molar-refractivity contribution in [3.05, 3.63) is 0 Å². The molecule has 0 heterocycles. The zero-order valence-corrected chi connectivity index (χ0v) is 10.0. The first-order valence-electron chi connectivity index (χ1n) is 5.00. The number of carbonyl (C=O) groups excluding carboxylic acids is 2. The fraction of sp³-hybridized carbons (Fsp3) is 0.778. The number of ether oxygens (including phenoxy) is 1. The Morgan fingerprint density at radius 2 is 1.65 bits per heavy atom. The van der Waals surface area contributed by atoms with Crippen molar-refractivity contribution in [1.82, 2.24) is 4.90 Å². The average Bonchev–Trinajstić information content (AvgIpc) is 2.31. The molecular formula is C9H10F7NO3. The second kappa shape index (κ2) is 6.75. The quantitative estimate of drug-likeness (QED) is 0.555. The Kier molecular flexibility index (Phi) is 6.23. The fourth-order valence-corrected chi connectivity index (χ4v) is 1.10. The highest BCUT2D eigenvalue weighted by Gasteiger charge is 2.52. The van der Waals surface area contributed by atoms with E-state index in [0.29, 0.717) is 0 Å². The monoisotopic (exact) mass is 313 g/mol. The van der Waals surface area contributed by atoms with Crippen LogP contribution in [0.2, 0.25) is 0 Å². The van der Waals surface area contributed by atoms with Crippen LogP contribution in [0.5, 0.6) is 0 Å². The van der Waals surface area contributed by atoms with Gasteiger partial charge in [-0.2, -0.15) is 22.0 Å². The van der Waals surface area contributed by atoms with Crippen molar-refractivity contribution < 1.29 is 45.1 Å². The van der Waals surface area contributed by atoms with Gasteiger partial charge in [-0.15, -0.1) is 0 Å². The lowest BCUT2D eigenvalue weighted by molar-refractivity contribution is -0.194. The highest BCUT2D eigenvalue weighted by atomic mass is 19.4. The molecule has 0 unspecified atom stereocenters. The molecule has 0 saturated heterocycles. The highest BCUT2D eigenvalue weighted by molar-refractivity contribution is 5.84. The van der Waals surface area contributed by atoms with E-state index in [1.807, 2.05) is 0 Å². The standard InChI is InChI=1S/C9H10F7NO3/c1-20-5(18)2-3-17(4-8(12,13)14)7(19)9(15,16)6(10)11/h6H,2-4H2,1H3. The maximum absolute atomic E-state index is 12.7. The van der Waals surface area contributed by atoms with Gasteiger partial charge < -0.3 is 9.64 Å². The Labute approximate surface area is 108 Å². The SMILES string of the molecule is COC(=O)CCN(CC(F)(F)F)C(=O)C(F)(F)C(F)F. The van der Waals surface area contributed by atoms with Crippen LogP contribution < -0.4 is 0 Å². The van der Waals surface area contributed by atoms with Crippen LogP contribution >= 0.6 is 0 Å². The lowest BCUT2D eigenvalue weighted by Gasteiger charge is -2.27. The van der Waals surface area contributed by atoms with Gasteiger partial charge >= 0.3 is 24.5 Å². The Morgan fingerprint density at radius 1 is 1.15 bits per heavy atom. The van der Waals surface area contributed by atoms with Crippen LogP contribution in [0.25, 0.3) is 0 Å². The molecule has 0 aliphatic heterocycles. The number of hydrogen-bond acceptors (Lipinski definition) is 3. The van der Waals surface area contributed by atoms with Crippen LogP contribution in [0.3, 0.4) is 0 Å². The molecule has 4 nitrogen and oxygen atoms in total. The van der Waals surface area contributed by atoms with E-state index in [1.165, 1.54) is 0 Å². The van der Waals surface area contributed by atoms with Crippen molar-refractivity contribution in [3.8, 4) is 0 Å². The van der Waals surface area contributed by atoms with E-state index in [-0.39, 0.29) is 0 Å². The van der Waals surface area contributed by atoms with E-state index in [1.54, 1.807) is 0 Å². The minimum atomic E-state index is -5.26. The average molecular weight is 313 g/mol. The first kappa shape index (κ1) is 18.4. The first-order chi connectivity index (χ1) is 8.91. The van der Waals surface area contributed by atoms with Crippen molar-refractivity contribution in [3.63, 3.8) is 0 Å². The number of halogens is 7. The van der Waals surface area contributed by atoms with Crippen molar-refractivity contribution >= 4 is 11.9 Å². The van der Waals surface area contributed by atoms with Crippen LogP contribution in [0.15, 0.2) is 0 Å². The molecule has 0 aromatic carbocycles. The van der Waals surface area contributed by atoms with Crippen molar-refractivity contribution in [1.29, 1.82) is 0 Å².